The number of methoxy groups -OCH3 is 1. The molecule has 0 fully saturated rings. The van der Waals surface area contributed by atoms with Crippen LogP contribution in [0.4, 0.5) is 16.3 Å². The number of rotatable bonds is 9. The van der Waals surface area contributed by atoms with Crippen LogP contribution in [-0.2, 0) is 11.3 Å². The first-order valence-electron chi connectivity index (χ1n) is 12.0. The summed E-state index contributed by atoms with van der Waals surface area (Å²) in [6, 6.07) is 17.7. The summed E-state index contributed by atoms with van der Waals surface area (Å²) < 4.78 is 11.4. The lowest BCUT2D eigenvalue weighted by Gasteiger charge is -2.23. The van der Waals surface area contributed by atoms with Crippen molar-refractivity contribution in [2.45, 2.75) is 19.1 Å². The van der Waals surface area contributed by atoms with E-state index in [0.717, 1.165) is 16.8 Å². The standard InChI is InChI=1S/C27H31N5O5/c1-30-14-15-32(25(33)22-17-28-26(36-3)29-24(22)30)21-11-7-8-19(16-21)18-37-23(12-13-31(2)27(34)35)20-9-5-4-6-10-20/h4-11,16-17,23H,12-15,18H2,1-3H3,(H,34,35). The zero-order valence-corrected chi connectivity index (χ0v) is 21.2. The molecule has 3 aromatic rings. The molecule has 1 aromatic heterocycles. The largest absolute Gasteiger partial charge is 0.467 e. The second-order valence-electron chi connectivity index (χ2n) is 8.85. The summed E-state index contributed by atoms with van der Waals surface area (Å²) in [5, 5.41) is 9.21. The van der Waals surface area contributed by atoms with Gasteiger partial charge in [-0.3, -0.25) is 4.79 Å². The van der Waals surface area contributed by atoms with Gasteiger partial charge in [0, 0.05) is 45.6 Å². The van der Waals surface area contributed by atoms with Crippen molar-refractivity contribution < 1.29 is 24.2 Å². The van der Waals surface area contributed by atoms with Crippen molar-refractivity contribution in [2.75, 3.05) is 50.6 Å². The van der Waals surface area contributed by atoms with Gasteiger partial charge in [0.1, 0.15) is 11.4 Å². The molecular weight excluding hydrogens is 474 g/mol. The number of nitrogens with zero attached hydrogens (tertiary/aromatic N) is 5. The maximum atomic E-state index is 13.4. The molecule has 1 unspecified atom stereocenters. The highest BCUT2D eigenvalue weighted by Crippen LogP contribution is 2.28. The lowest BCUT2D eigenvalue weighted by Crippen LogP contribution is -2.33. The summed E-state index contributed by atoms with van der Waals surface area (Å²) in [7, 11) is 4.92. The van der Waals surface area contributed by atoms with Crippen molar-refractivity contribution in [3.63, 3.8) is 0 Å². The molecule has 1 atom stereocenters. The van der Waals surface area contributed by atoms with Crippen LogP contribution >= 0.6 is 0 Å². The Morgan fingerprint density at radius 1 is 1.16 bits per heavy atom. The number of carbonyl (C=O) groups excluding carboxylic acids is 1. The summed E-state index contributed by atoms with van der Waals surface area (Å²) >= 11 is 0. The third-order valence-electron chi connectivity index (χ3n) is 6.32. The summed E-state index contributed by atoms with van der Waals surface area (Å²) in [6.07, 6.45) is 0.768. The highest BCUT2D eigenvalue weighted by Gasteiger charge is 2.28. The first-order chi connectivity index (χ1) is 17.9. The highest BCUT2D eigenvalue weighted by atomic mass is 16.5. The Balaban J connectivity index is 1.51. The molecule has 0 radical (unpaired) electrons. The molecular formula is C27H31N5O5. The SMILES string of the molecule is COc1ncc2c(n1)N(C)CCN(c1cccc(COC(CCN(C)C(=O)O)c3ccccc3)c1)C2=O. The summed E-state index contributed by atoms with van der Waals surface area (Å²) in [4.78, 5) is 38.1. The summed E-state index contributed by atoms with van der Waals surface area (Å²) in [5.74, 6) is 0.356. The van der Waals surface area contributed by atoms with E-state index in [-0.39, 0.29) is 18.0 Å². The van der Waals surface area contributed by atoms with E-state index in [9.17, 15) is 14.7 Å². The van der Waals surface area contributed by atoms with Gasteiger partial charge in [-0.25, -0.2) is 9.78 Å². The lowest BCUT2D eigenvalue weighted by molar-refractivity contribution is 0.0288. The molecule has 0 saturated carbocycles. The highest BCUT2D eigenvalue weighted by molar-refractivity contribution is 6.09. The average Bonchev–Trinajstić information content (AvgIpc) is 3.04. The van der Waals surface area contributed by atoms with E-state index < -0.39 is 6.09 Å². The van der Waals surface area contributed by atoms with Gasteiger partial charge in [-0.2, -0.15) is 4.98 Å². The number of anilines is 2. The van der Waals surface area contributed by atoms with Crippen molar-refractivity contribution in [3.05, 3.63) is 77.5 Å². The van der Waals surface area contributed by atoms with Gasteiger partial charge >= 0.3 is 12.1 Å². The minimum absolute atomic E-state index is 0.182. The quantitative estimate of drug-likeness (QED) is 0.467. The Morgan fingerprint density at radius 3 is 2.68 bits per heavy atom. The second kappa shape index (κ2) is 11.7. The van der Waals surface area contributed by atoms with E-state index in [1.807, 2.05) is 66.5 Å². The van der Waals surface area contributed by atoms with E-state index in [1.165, 1.54) is 18.2 Å². The number of hydrogen-bond donors (Lipinski definition) is 1. The third-order valence-corrected chi connectivity index (χ3v) is 6.32. The number of carbonyl (C=O) groups is 2. The molecule has 0 saturated heterocycles. The Bertz CT molecular complexity index is 1240. The maximum Gasteiger partial charge on any atom is 0.407 e. The Hall–Kier alpha value is -4.18. The predicted octanol–water partition coefficient (Wildman–Crippen LogP) is 3.84. The van der Waals surface area contributed by atoms with Crippen LogP contribution in [0, 0.1) is 0 Å². The molecule has 0 bridgehead atoms. The van der Waals surface area contributed by atoms with Crippen LogP contribution in [0.15, 0.2) is 60.8 Å². The lowest BCUT2D eigenvalue weighted by atomic mass is 10.1. The summed E-state index contributed by atoms with van der Waals surface area (Å²) in [6.45, 7) is 1.72. The molecule has 194 valence electrons. The number of amides is 2. The van der Waals surface area contributed by atoms with Gasteiger partial charge in [-0.1, -0.05) is 42.5 Å². The van der Waals surface area contributed by atoms with Gasteiger partial charge < -0.3 is 29.3 Å². The van der Waals surface area contributed by atoms with Gasteiger partial charge in [-0.05, 0) is 29.7 Å². The van der Waals surface area contributed by atoms with Crippen LogP contribution in [-0.4, -0.2) is 72.8 Å². The van der Waals surface area contributed by atoms with Gasteiger partial charge in [0.25, 0.3) is 5.91 Å². The molecule has 2 heterocycles. The van der Waals surface area contributed by atoms with E-state index in [1.54, 1.807) is 11.9 Å². The third kappa shape index (κ3) is 6.15. The summed E-state index contributed by atoms with van der Waals surface area (Å²) in [5.41, 5.74) is 3.05. The van der Waals surface area contributed by atoms with Crippen LogP contribution in [0.3, 0.4) is 0 Å². The predicted molar refractivity (Wildman–Crippen MR) is 139 cm³/mol. The molecule has 2 amide bonds. The number of carboxylic acid groups (broad SMARTS) is 1. The fourth-order valence-corrected chi connectivity index (χ4v) is 4.18. The molecule has 37 heavy (non-hydrogen) atoms. The molecule has 2 aromatic carbocycles. The van der Waals surface area contributed by atoms with Crippen LogP contribution in [0.5, 0.6) is 6.01 Å². The number of fused-ring (bicyclic) bond motifs is 1. The fourth-order valence-electron chi connectivity index (χ4n) is 4.18. The van der Waals surface area contributed by atoms with Gasteiger partial charge in [0.2, 0.25) is 0 Å². The van der Waals surface area contributed by atoms with E-state index in [2.05, 4.69) is 9.97 Å². The van der Waals surface area contributed by atoms with Crippen LogP contribution in [0.1, 0.15) is 34.0 Å². The van der Waals surface area contributed by atoms with Gasteiger partial charge in [-0.15, -0.1) is 0 Å². The fraction of sp³-hybridized carbons (Fsp3) is 0.333. The van der Waals surface area contributed by atoms with E-state index >= 15 is 0 Å². The van der Waals surface area contributed by atoms with E-state index in [4.69, 9.17) is 9.47 Å². The first kappa shape index (κ1) is 25.9. The normalized spacial score (nSPS) is 14.1. The zero-order valence-electron chi connectivity index (χ0n) is 21.2. The molecule has 10 nitrogen and oxygen atoms in total. The number of ether oxygens (including phenoxy) is 2. The van der Waals surface area contributed by atoms with Crippen molar-refractivity contribution in [2.24, 2.45) is 0 Å². The molecule has 1 aliphatic heterocycles. The molecule has 1 N–H and O–H groups in total. The number of aromatic nitrogens is 2. The van der Waals surface area contributed by atoms with Gasteiger partial charge in [0.15, 0.2) is 0 Å². The first-order valence-corrected chi connectivity index (χ1v) is 12.0. The van der Waals surface area contributed by atoms with Crippen molar-refractivity contribution in [1.29, 1.82) is 0 Å². The topological polar surface area (TPSA) is 108 Å². The average molecular weight is 506 g/mol. The number of hydrogen-bond acceptors (Lipinski definition) is 7. The number of likely N-dealkylation sites (N-methyl/N-ethyl adjacent to an activating group) is 1. The van der Waals surface area contributed by atoms with Crippen LogP contribution < -0.4 is 14.5 Å². The molecule has 0 aliphatic carbocycles. The Kier molecular flexibility index (Phi) is 8.19. The number of benzene rings is 2. The van der Waals surface area contributed by atoms with Crippen molar-refractivity contribution >= 4 is 23.5 Å². The maximum absolute atomic E-state index is 13.4. The monoisotopic (exact) mass is 505 g/mol. The molecule has 1 aliphatic rings. The minimum atomic E-state index is -0.974. The Morgan fingerprint density at radius 2 is 1.95 bits per heavy atom. The van der Waals surface area contributed by atoms with Crippen LogP contribution in [0.2, 0.25) is 0 Å². The Labute approximate surface area is 216 Å². The molecule has 4 rings (SSSR count). The second-order valence-corrected chi connectivity index (χ2v) is 8.85. The molecule has 0 spiro atoms. The van der Waals surface area contributed by atoms with Crippen LogP contribution in [0.25, 0.3) is 0 Å². The minimum Gasteiger partial charge on any atom is -0.467 e. The zero-order chi connectivity index (χ0) is 26.4. The van der Waals surface area contributed by atoms with Crippen molar-refractivity contribution in [1.82, 2.24) is 14.9 Å². The van der Waals surface area contributed by atoms with Gasteiger partial charge in [0.05, 0.1) is 19.8 Å². The van der Waals surface area contributed by atoms with E-state index in [0.29, 0.717) is 44.0 Å². The van der Waals surface area contributed by atoms with Crippen molar-refractivity contribution in [3.8, 4) is 6.01 Å². The molecule has 10 heteroatoms. The smallest absolute Gasteiger partial charge is 0.407 e.